The summed E-state index contributed by atoms with van der Waals surface area (Å²) in [5.41, 5.74) is 1.32. The number of aromatic nitrogens is 1. The van der Waals surface area contributed by atoms with Crippen LogP contribution in [0.4, 0.5) is 5.13 Å². The second kappa shape index (κ2) is 4.55. The van der Waals surface area contributed by atoms with Crippen LogP contribution in [0.5, 0.6) is 0 Å². The van der Waals surface area contributed by atoms with Crippen molar-refractivity contribution in [1.29, 1.82) is 0 Å². The topological polar surface area (TPSA) is 25.4 Å². The lowest BCUT2D eigenvalue weighted by molar-refractivity contribution is 0.122. The molecule has 1 aliphatic heterocycles. The molecule has 3 rings (SSSR count). The fourth-order valence-corrected chi connectivity index (χ4v) is 3.44. The Labute approximate surface area is 105 Å². The quantitative estimate of drug-likeness (QED) is 0.840. The fraction of sp³-hybridized carbons (Fsp3) is 0.727. The van der Waals surface area contributed by atoms with E-state index in [4.69, 9.17) is 9.72 Å². The summed E-state index contributed by atoms with van der Waals surface area (Å²) in [4.78, 5) is 8.51. The molecule has 0 aromatic carbocycles. The lowest BCUT2D eigenvalue weighted by atomic mass is 10.3. The summed E-state index contributed by atoms with van der Waals surface area (Å²) in [6.45, 7) is 3.61. The Kier molecular flexibility index (Phi) is 3.09. The van der Waals surface area contributed by atoms with Crippen LogP contribution < -0.4 is 4.90 Å². The summed E-state index contributed by atoms with van der Waals surface area (Å²) in [6.07, 6.45) is 2.63. The molecule has 5 heteroatoms. The zero-order chi connectivity index (χ0) is 11.0. The normalized spacial score (nSPS) is 21.4. The van der Waals surface area contributed by atoms with E-state index in [0.717, 1.165) is 38.0 Å². The maximum Gasteiger partial charge on any atom is 0.185 e. The third kappa shape index (κ3) is 2.08. The first-order chi connectivity index (χ1) is 7.88. The molecule has 3 nitrogen and oxygen atoms in total. The lowest BCUT2D eigenvalue weighted by Gasteiger charge is -2.26. The maximum atomic E-state index is 5.36. The molecule has 1 aromatic heterocycles. The predicted octanol–water partition coefficient (Wildman–Crippen LogP) is 2.29. The molecule has 0 radical (unpaired) electrons. The summed E-state index contributed by atoms with van der Waals surface area (Å²) in [6, 6.07) is 0. The highest BCUT2D eigenvalue weighted by Gasteiger charge is 2.30. The molecule has 0 bridgehead atoms. The van der Waals surface area contributed by atoms with Crippen molar-refractivity contribution < 1.29 is 4.74 Å². The molecule has 0 unspecified atom stereocenters. The van der Waals surface area contributed by atoms with E-state index in [0.29, 0.717) is 0 Å². The molecule has 1 aromatic rings. The second-order valence-electron chi connectivity index (χ2n) is 4.34. The Hall–Kier alpha value is -0.260. The molecule has 1 saturated heterocycles. The van der Waals surface area contributed by atoms with Crippen molar-refractivity contribution in [2.75, 3.05) is 31.2 Å². The van der Waals surface area contributed by atoms with Crippen LogP contribution in [0.25, 0.3) is 0 Å². The van der Waals surface area contributed by atoms with Crippen molar-refractivity contribution in [3.8, 4) is 0 Å². The third-order valence-electron chi connectivity index (χ3n) is 3.11. The van der Waals surface area contributed by atoms with E-state index in [2.05, 4.69) is 17.5 Å². The minimum Gasteiger partial charge on any atom is -0.378 e. The largest absolute Gasteiger partial charge is 0.378 e. The number of ether oxygens (including phenoxy) is 1. The lowest BCUT2D eigenvalue weighted by Crippen LogP contribution is -2.36. The Bertz CT molecular complexity index is 370. The Morgan fingerprint density at radius 3 is 2.75 bits per heavy atom. The van der Waals surface area contributed by atoms with Crippen LogP contribution in [0.3, 0.4) is 0 Å². The van der Waals surface area contributed by atoms with Crippen molar-refractivity contribution in [3.63, 3.8) is 0 Å². The Balaban J connectivity index is 1.83. The van der Waals surface area contributed by atoms with Gasteiger partial charge in [-0.3, -0.25) is 0 Å². The molecular weight excluding hydrogens is 240 g/mol. The van der Waals surface area contributed by atoms with Crippen LogP contribution in [0, 0.1) is 0 Å². The van der Waals surface area contributed by atoms with E-state index in [1.165, 1.54) is 28.5 Å². The highest BCUT2D eigenvalue weighted by molar-refractivity contribution is 7.79. The molecule has 0 amide bonds. The number of nitrogens with zero attached hydrogens (tertiary/aromatic N) is 2. The van der Waals surface area contributed by atoms with Crippen LogP contribution in [-0.4, -0.2) is 31.3 Å². The molecule has 0 N–H and O–H groups in total. The molecule has 88 valence electrons. The minimum absolute atomic E-state index is 0.730. The van der Waals surface area contributed by atoms with Gasteiger partial charge in [0.15, 0.2) is 5.13 Å². The standard InChI is InChI=1S/C11H16N2OS2/c15-7-9-10(8-1-2-8)12-11(16-9)13-3-5-14-6-4-13/h8,15H,1-7H2. The zero-order valence-electron chi connectivity index (χ0n) is 9.19. The van der Waals surface area contributed by atoms with E-state index in [9.17, 15) is 0 Å². The van der Waals surface area contributed by atoms with Gasteiger partial charge in [0, 0.05) is 29.6 Å². The van der Waals surface area contributed by atoms with Gasteiger partial charge in [-0.2, -0.15) is 12.6 Å². The SMILES string of the molecule is SCc1sc(N2CCOCC2)nc1C1CC1. The number of rotatable bonds is 3. The molecule has 0 spiro atoms. The fourth-order valence-electron chi connectivity index (χ4n) is 2.03. The Morgan fingerprint density at radius 2 is 2.12 bits per heavy atom. The van der Waals surface area contributed by atoms with Crippen LogP contribution in [0.1, 0.15) is 29.3 Å². The molecule has 1 saturated carbocycles. The number of hydrogen-bond donors (Lipinski definition) is 1. The smallest absolute Gasteiger partial charge is 0.185 e. The monoisotopic (exact) mass is 256 g/mol. The van der Waals surface area contributed by atoms with Crippen LogP contribution >= 0.6 is 24.0 Å². The van der Waals surface area contributed by atoms with Crippen LogP contribution in [0.2, 0.25) is 0 Å². The van der Waals surface area contributed by atoms with Gasteiger partial charge < -0.3 is 9.64 Å². The van der Waals surface area contributed by atoms with E-state index in [1.807, 2.05) is 11.3 Å². The second-order valence-corrected chi connectivity index (χ2v) is 5.71. The summed E-state index contributed by atoms with van der Waals surface area (Å²) in [5, 5.41) is 1.18. The van der Waals surface area contributed by atoms with Gasteiger partial charge in [-0.15, -0.1) is 11.3 Å². The van der Waals surface area contributed by atoms with Crippen molar-refractivity contribution in [3.05, 3.63) is 10.6 Å². The van der Waals surface area contributed by atoms with Gasteiger partial charge in [-0.1, -0.05) is 0 Å². The van der Waals surface area contributed by atoms with Gasteiger partial charge in [-0.05, 0) is 12.8 Å². The number of hydrogen-bond acceptors (Lipinski definition) is 5. The number of thiol groups is 1. The van der Waals surface area contributed by atoms with Crippen molar-refractivity contribution in [1.82, 2.24) is 4.98 Å². The first kappa shape index (κ1) is 10.9. The van der Waals surface area contributed by atoms with Crippen molar-refractivity contribution in [2.24, 2.45) is 0 Å². The van der Waals surface area contributed by atoms with E-state index >= 15 is 0 Å². The van der Waals surface area contributed by atoms with Gasteiger partial charge in [-0.25, -0.2) is 4.98 Å². The zero-order valence-corrected chi connectivity index (χ0v) is 10.9. The van der Waals surface area contributed by atoms with Crippen LogP contribution in [-0.2, 0) is 10.5 Å². The molecular formula is C11H16N2OS2. The maximum absolute atomic E-state index is 5.36. The first-order valence-electron chi connectivity index (χ1n) is 5.81. The highest BCUT2D eigenvalue weighted by Crippen LogP contribution is 2.44. The van der Waals surface area contributed by atoms with Gasteiger partial charge >= 0.3 is 0 Å². The minimum atomic E-state index is 0.730. The van der Waals surface area contributed by atoms with Gasteiger partial charge in [0.05, 0.1) is 18.9 Å². The van der Waals surface area contributed by atoms with Gasteiger partial charge in [0.2, 0.25) is 0 Å². The number of morpholine rings is 1. The molecule has 1 aliphatic carbocycles. The highest BCUT2D eigenvalue weighted by atomic mass is 32.1. The Morgan fingerprint density at radius 1 is 1.38 bits per heavy atom. The predicted molar refractivity (Wildman–Crippen MR) is 69.8 cm³/mol. The van der Waals surface area contributed by atoms with Crippen molar-refractivity contribution in [2.45, 2.75) is 24.5 Å². The van der Waals surface area contributed by atoms with Gasteiger partial charge in [0.25, 0.3) is 0 Å². The molecule has 2 fully saturated rings. The summed E-state index contributed by atoms with van der Waals surface area (Å²) in [7, 11) is 0. The molecule has 2 aliphatic rings. The van der Waals surface area contributed by atoms with E-state index in [-0.39, 0.29) is 0 Å². The summed E-state index contributed by atoms with van der Waals surface area (Å²) in [5.74, 6) is 1.56. The number of anilines is 1. The summed E-state index contributed by atoms with van der Waals surface area (Å²) >= 11 is 6.22. The number of thiazole rings is 1. The third-order valence-corrected chi connectivity index (χ3v) is 4.77. The summed E-state index contributed by atoms with van der Waals surface area (Å²) < 4.78 is 5.36. The first-order valence-corrected chi connectivity index (χ1v) is 7.26. The van der Waals surface area contributed by atoms with E-state index in [1.54, 1.807) is 0 Å². The molecule has 16 heavy (non-hydrogen) atoms. The van der Waals surface area contributed by atoms with Gasteiger partial charge in [0.1, 0.15) is 0 Å². The average Bonchev–Trinajstić information content (AvgIpc) is 3.10. The van der Waals surface area contributed by atoms with Crippen molar-refractivity contribution >= 4 is 29.1 Å². The van der Waals surface area contributed by atoms with Crippen LogP contribution in [0.15, 0.2) is 0 Å². The molecule has 2 heterocycles. The van der Waals surface area contributed by atoms with E-state index < -0.39 is 0 Å². The average molecular weight is 256 g/mol. The molecule has 0 atom stereocenters.